The van der Waals surface area contributed by atoms with Crippen LogP contribution in [-0.4, -0.2) is 33.9 Å². The third-order valence-electron chi connectivity index (χ3n) is 3.69. The molecule has 1 atom stereocenters. The van der Waals surface area contributed by atoms with E-state index >= 15 is 0 Å². The van der Waals surface area contributed by atoms with Crippen molar-refractivity contribution in [3.63, 3.8) is 0 Å². The number of rotatable bonds is 4. The molecule has 0 radical (unpaired) electrons. The number of nitro benzene ring substituents is 1. The van der Waals surface area contributed by atoms with Gasteiger partial charge in [0.2, 0.25) is 0 Å². The van der Waals surface area contributed by atoms with Gasteiger partial charge in [-0.1, -0.05) is 13.3 Å². The summed E-state index contributed by atoms with van der Waals surface area (Å²) in [7, 11) is 0. The predicted octanol–water partition coefficient (Wildman–Crippen LogP) is 2.56. The second-order valence-corrected chi connectivity index (χ2v) is 5.16. The fraction of sp³-hybridized carbons (Fsp3) is 0.500. The van der Waals surface area contributed by atoms with Crippen LogP contribution >= 0.6 is 0 Å². The first-order chi connectivity index (χ1) is 9.52. The van der Waals surface area contributed by atoms with Crippen molar-refractivity contribution in [3.05, 3.63) is 33.9 Å². The summed E-state index contributed by atoms with van der Waals surface area (Å²) in [6.45, 7) is 3.56. The lowest BCUT2D eigenvalue weighted by atomic mass is 10.0. The van der Waals surface area contributed by atoms with E-state index in [1.54, 1.807) is 4.90 Å². The van der Waals surface area contributed by atoms with Crippen molar-refractivity contribution in [1.29, 1.82) is 0 Å². The van der Waals surface area contributed by atoms with Crippen molar-refractivity contribution < 1.29 is 14.8 Å². The third kappa shape index (κ3) is 2.89. The van der Waals surface area contributed by atoms with Gasteiger partial charge in [0, 0.05) is 24.7 Å². The number of benzene rings is 1. The molecule has 1 amide bonds. The number of nitrogens with zero attached hydrogens (tertiary/aromatic N) is 2. The predicted molar refractivity (Wildman–Crippen MR) is 73.7 cm³/mol. The smallest absolute Gasteiger partial charge is 0.310 e. The van der Waals surface area contributed by atoms with Gasteiger partial charge in [0.15, 0.2) is 5.75 Å². The lowest BCUT2D eigenvalue weighted by Crippen LogP contribution is -2.28. The number of phenols is 1. The number of hydrogen-bond acceptors (Lipinski definition) is 4. The lowest BCUT2D eigenvalue weighted by molar-refractivity contribution is -0.385. The number of aromatic hydroxyl groups is 1. The van der Waals surface area contributed by atoms with Crippen LogP contribution in [0.5, 0.6) is 5.75 Å². The van der Waals surface area contributed by atoms with E-state index in [1.807, 2.05) is 0 Å². The van der Waals surface area contributed by atoms with Gasteiger partial charge in [-0.15, -0.1) is 0 Å². The zero-order chi connectivity index (χ0) is 14.7. The Labute approximate surface area is 117 Å². The van der Waals surface area contributed by atoms with Crippen molar-refractivity contribution >= 4 is 11.6 Å². The maximum atomic E-state index is 12.3. The molecule has 1 fully saturated rings. The molecule has 1 aromatic rings. The minimum atomic E-state index is -0.670. The number of nitro groups is 1. The SMILES string of the molecule is CCCC1CCN(C(=O)c2ccc([N+](=O)[O-])c(O)c2)C1. The molecule has 1 aromatic carbocycles. The van der Waals surface area contributed by atoms with Crippen LogP contribution in [0.15, 0.2) is 18.2 Å². The molecule has 0 aromatic heterocycles. The Morgan fingerprint density at radius 2 is 2.30 bits per heavy atom. The van der Waals surface area contributed by atoms with Gasteiger partial charge < -0.3 is 10.0 Å². The molecule has 108 valence electrons. The summed E-state index contributed by atoms with van der Waals surface area (Å²) < 4.78 is 0. The molecular formula is C14H18N2O4. The average Bonchev–Trinajstić information content (AvgIpc) is 2.86. The summed E-state index contributed by atoms with van der Waals surface area (Å²) >= 11 is 0. The van der Waals surface area contributed by atoms with E-state index in [4.69, 9.17) is 0 Å². The number of carbonyl (C=O) groups excluding carboxylic acids is 1. The van der Waals surface area contributed by atoms with Gasteiger partial charge in [-0.2, -0.15) is 0 Å². The molecule has 1 unspecified atom stereocenters. The molecule has 2 rings (SSSR count). The highest BCUT2D eigenvalue weighted by molar-refractivity contribution is 5.95. The first kappa shape index (κ1) is 14.3. The van der Waals surface area contributed by atoms with Crippen LogP contribution in [0, 0.1) is 16.0 Å². The van der Waals surface area contributed by atoms with E-state index in [0.717, 1.165) is 25.8 Å². The lowest BCUT2D eigenvalue weighted by Gasteiger charge is -2.16. The summed E-state index contributed by atoms with van der Waals surface area (Å²) in [4.78, 5) is 24.0. The van der Waals surface area contributed by atoms with Crippen LogP contribution in [0.2, 0.25) is 0 Å². The molecule has 6 nitrogen and oxygen atoms in total. The monoisotopic (exact) mass is 278 g/mol. The molecule has 0 aliphatic carbocycles. The van der Waals surface area contributed by atoms with Crippen LogP contribution in [0.25, 0.3) is 0 Å². The molecule has 1 aliphatic rings. The zero-order valence-corrected chi connectivity index (χ0v) is 11.4. The largest absolute Gasteiger partial charge is 0.502 e. The van der Waals surface area contributed by atoms with E-state index < -0.39 is 10.7 Å². The number of phenolic OH excluding ortho intramolecular Hbond substituents is 1. The molecule has 6 heteroatoms. The van der Waals surface area contributed by atoms with Crippen LogP contribution in [-0.2, 0) is 0 Å². The number of likely N-dealkylation sites (tertiary alicyclic amines) is 1. The highest BCUT2D eigenvalue weighted by Crippen LogP contribution is 2.28. The topological polar surface area (TPSA) is 83.7 Å². The second-order valence-electron chi connectivity index (χ2n) is 5.16. The third-order valence-corrected chi connectivity index (χ3v) is 3.69. The quantitative estimate of drug-likeness (QED) is 0.677. The van der Waals surface area contributed by atoms with Crippen molar-refractivity contribution in [2.24, 2.45) is 5.92 Å². The van der Waals surface area contributed by atoms with E-state index in [2.05, 4.69) is 6.92 Å². The van der Waals surface area contributed by atoms with Gasteiger partial charge in [0.25, 0.3) is 5.91 Å². The first-order valence-electron chi connectivity index (χ1n) is 6.79. The summed E-state index contributed by atoms with van der Waals surface area (Å²) in [5.41, 5.74) is -0.0860. The molecule has 1 saturated heterocycles. The van der Waals surface area contributed by atoms with Gasteiger partial charge in [-0.25, -0.2) is 0 Å². The van der Waals surface area contributed by atoms with Crippen molar-refractivity contribution in [3.8, 4) is 5.75 Å². The Kier molecular flexibility index (Phi) is 4.22. The van der Waals surface area contributed by atoms with Crippen LogP contribution < -0.4 is 0 Å². The summed E-state index contributed by atoms with van der Waals surface area (Å²) in [6.07, 6.45) is 3.21. The van der Waals surface area contributed by atoms with Gasteiger partial charge in [-0.05, 0) is 30.9 Å². The Hall–Kier alpha value is -2.11. The number of carbonyl (C=O) groups is 1. The highest BCUT2D eigenvalue weighted by Gasteiger charge is 2.27. The molecule has 1 heterocycles. The van der Waals surface area contributed by atoms with Crippen molar-refractivity contribution in [2.45, 2.75) is 26.2 Å². The Morgan fingerprint density at radius 3 is 2.90 bits per heavy atom. The molecule has 0 bridgehead atoms. The van der Waals surface area contributed by atoms with Gasteiger partial charge >= 0.3 is 5.69 Å². The summed E-state index contributed by atoms with van der Waals surface area (Å²) in [6, 6.07) is 3.74. The molecular weight excluding hydrogens is 260 g/mol. The van der Waals surface area contributed by atoms with Crippen LogP contribution in [0.4, 0.5) is 5.69 Å². The molecule has 20 heavy (non-hydrogen) atoms. The van der Waals surface area contributed by atoms with E-state index in [0.29, 0.717) is 18.0 Å². The van der Waals surface area contributed by atoms with E-state index in [-0.39, 0.29) is 11.6 Å². The summed E-state index contributed by atoms with van der Waals surface area (Å²) in [5, 5.41) is 20.2. The van der Waals surface area contributed by atoms with Gasteiger partial charge in [0.1, 0.15) is 0 Å². The van der Waals surface area contributed by atoms with Gasteiger partial charge in [-0.3, -0.25) is 14.9 Å². The standard InChI is InChI=1S/C14H18N2O4/c1-2-3-10-6-7-15(9-10)14(18)11-4-5-12(16(19)20)13(17)8-11/h4-5,8,10,17H,2-3,6-7,9H2,1H3. The normalized spacial score (nSPS) is 18.2. The Bertz CT molecular complexity index is 530. The van der Waals surface area contributed by atoms with Crippen molar-refractivity contribution in [1.82, 2.24) is 4.90 Å². The number of amides is 1. The minimum Gasteiger partial charge on any atom is -0.502 e. The van der Waals surface area contributed by atoms with Crippen molar-refractivity contribution in [2.75, 3.05) is 13.1 Å². The molecule has 1 aliphatic heterocycles. The fourth-order valence-corrected chi connectivity index (χ4v) is 2.65. The Balaban J connectivity index is 2.10. The van der Waals surface area contributed by atoms with Crippen LogP contribution in [0.1, 0.15) is 36.5 Å². The second kappa shape index (κ2) is 5.90. The molecule has 0 spiro atoms. The van der Waals surface area contributed by atoms with Crippen LogP contribution in [0.3, 0.4) is 0 Å². The Morgan fingerprint density at radius 1 is 1.55 bits per heavy atom. The minimum absolute atomic E-state index is 0.172. The molecule has 0 saturated carbocycles. The maximum Gasteiger partial charge on any atom is 0.310 e. The van der Waals surface area contributed by atoms with Gasteiger partial charge in [0.05, 0.1) is 4.92 Å². The zero-order valence-electron chi connectivity index (χ0n) is 11.4. The average molecular weight is 278 g/mol. The molecule has 1 N–H and O–H groups in total. The fourth-order valence-electron chi connectivity index (χ4n) is 2.65. The van der Waals surface area contributed by atoms with E-state index in [9.17, 15) is 20.0 Å². The highest BCUT2D eigenvalue weighted by atomic mass is 16.6. The number of hydrogen-bond donors (Lipinski definition) is 1. The van der Waals surface area contributed by atoms with E-state index in [1.165, 1.54) is 18.2 Å². The summed E-state index contributed by atoms with van der Waals surface area (Å²) in [5.74, 6) is -0.102. The maximum absolute atomic E-state index is 12.3. The first-order valence-corrected chi connectivity index (χ1v) is 6.79.